The molecular weight excluding hydrogens is 308 g/mol. The van der Waals surface area contributed by atoms with Crippen LogP contribution in [-0.4, -0.2) is 75.0 Å². The topological polar surface area (TPSA) is 92.7 Å². The highest BCUT2D eigenvalue weighted by atomic mass is 16.8. The lowest BCUT2D eigenvalue weighted by Crippen LogP contribution is -2.66. The second kappa shape index (κ2) is 6.52. The summed E-state index contributed by atoms with van der Waals surface area (Å²) in [6, 6.07) is 0. The number of aliphatic hydroxyl groups is 1. The number of carbonyl (C=O) groups is 1. The summed E-state index contributed by atoms with van der Waals surface area (Å²) in [6.45, 7) is 4.23. The molecule has 0 bridgehead atoms. The minimum Gasteiger partial charge on any atom is -0.430 e. The Morgan fingerprint density at radius 1 is 1.30 bits per heavy atom. The molecule has 0 aromatic heterocycles. The number of hydrogen-bond donors (Lipinski definition) is 1. The van der Waals surface area contributed by atoms with Crippen molar-refractivity contribution >= 4 is 6.16 Å². The summed E-state index contributed by atoms with van der Waals surface area (Å²) >= 11 is 0. The summed E-state index contributed by atoms with van der Waals surface area (Å²) in [5, 5.41) is 9.53. The Balaban J connectivity index is 1.79. The van der Waals surface area contributed by atoms with Crippen LogP contribution in [0.3, 0.4) is 0 Å². The predicted octanol–water partition coefficient (Wildman–Crippen LogP) is 0.454. The van der Waals surface area contributed by atoms with E-state index in [1.165, 1.54) is 0 Å². The van der Waals surface area contributed by atoms with Gasteiger partial charge >= 0.3 is 6.16 Å². The van der Waals surface area contributed by atoms with E-state index < -0.39 is 18.4 Å². The zero-order valence-electron chi connectivity index (χ0n) is 13.6. The van der Waals surface area contributed by atoms with E-state index in [9.17, 15) is 9.90 Å². The van der Waals surface area contributed by atoms with Gasteiger partial charge in [-0.2, -0.15) is 0 Å². The second-order valence-corrected chi connectivity index (χ2v) is 6.74. The SMILES string of the molecule is CO[C@@H]1[C@H]2OCO[C@H](CO)[C@H]2O[C@H](C[C@H]2COC(=O)O2)C1(C)C. The van der Waals surface area contributed by atoms with Gasteiger partial charge in [0.1, 0.15) is 37.8 Å². The van der Waals surface area contributed by atoms with Gasteiger partial charge in [-0.25, -0.2) is 4.79 Å². The van der Waals surface area contributed by atoms with E-state index in [2.05, 4.69) is 0 Å². The number of ether oxygens (including phenoxy) is 6. The van der Waals surface area contributed by atoms with Gasteiger partial charge < -0.3 is 33.5 Å². The lowest BCUT2D eigenvalue weighted by molar-refractivity contribution is -0.331. The molecule has 23 heavy (non-hydrogen) atoms. The summed E-state index contributed by atoms with van der Waals surface area (Å²) in [6.07, 6.45) is -2.22. The molecule has 6 atom stereocenters. The van der Waals surface area contributed by atoms with Crippen molar-refractivity contribution in [1.29, 1.82) is 0 Å². The van der Waals surface area contributed by atoms with Crippen molar-refractivity contribution in [2.45, 2.75) is 56.9 Å². The molecule has 3 saturated heterocycles. The molecule has 0 radical (unpaired) electrons. The first kappa shape index (κ1) is 16.9. The molecule has 0 amide bonds. The number of cyclic esters (lactones) is 2. The number of rotatable bonds is 4. The molecule has 0 aromatic rings. The van der Waals surface area contributed by atoms with Gasteiger partial charge in [-0.05, 0) is 0 Å². The average Bonchev–Trinajstić information content (AvgIpc) is 2.92. The highest BCUT2D eigenvalue weighted by molar-refractivity contribution is 5.61. The first-order valence-electron chi connectivity index (χ1n) is 7.83. The normalized spacial score (nSPS) is 42.7. The van der Waals surface area contributed by atoms with Gasteiger partial charge in [0, 0.05) is 18.9 Å². The van der Waals surface area contributed by atoms with Gasteiger partial charge in [0.25, 0.3) is 0 Å². The Kier molecular flexibility index (Phi) is 4.80. The van der Waals surface area contributed by atoms with Crippen LogP contribution >= 0.6 is 0 Å². The van der Waals surface area contributed by atoms with Crippen molar-refractivity contribution in [3.05, 3.63) is 0 Å². The molecule has 3 heterocycles. The quantitative estimate of drug-likeness (QED) is 0.742. The molecule has 0 saturated carbocycles. The molecule has 132 valence electrons. The third-order valence-electron chi connectivity index (χ3n) is 4.98. The van der Waals surface area contributed by atoms with E-state index in [0.29, 0.717) is 6.42 Å². The number of fused-ring (bicyclic) bond motifs is 1. The molecule has 3 aliphatic rings. The number of methoxy groups -OCH3 is 1. The van der Waals surface area contributed by atoms with Crippen LogP contribution in [0.2, 0.25) is 0 Å². The summed E-state index contributed by atoms with van der Waals surface area (Å²) in [7, 11) is 1.64. The highest BCUT2D eigenvalue weighted by Gasteiger charge is 2.56. The van der Waals surface area contributed by atoms with Crippen LogP contribution in [-0.2, 0) is 28.4 Å². The molecule has 0 aromatic carbocycles. The molecule has 0 unspecified atom stereocenters. The van der Waals surface area contributed by atoms with Gasteiger partial charge in [0.2, 0.25) is 0 Å². The summed E-state index contributed by atoms with van der Waals surface area (Å²) < 4.78 is 33.0. The first-order valence-corrected chi connectivity index (χ1v) is 7.83. The zero-order chi connectivity index (χ0) is 16.6. The first-order chi connectivity index (χ1) is 11.0. The van der Waals surface area contributed by atoms with Crippen molar-refractivity contribution < 1.29 is 38.3 Å². The van der Waals surface area contributed by atoms with Crippen molar-refractivity contribution in [1.82, 2.24) is 0 Å². The lowest BCUT2D eigenvalue weighted by atomic mass is 9.72. The number of hydrogen-bond acceptors (Lipinski definition) is 8. The fraction of sp³-hybridized carbons (Fsp3) is 0.933. The third kappa shape index (κ3) is 3.06. The van der Waals surface area contributed by atoms with E-state index in [1.807, 2.05) is 13.8 Å². The van der Waals surface area contributed by atoms with E-state index in [-0.39, 0.29) is 49.8 Å². The minimum absolute atomic E-state index is 0.102. The van der Waals surface area contributed by atoms with Gasteiger partial charge in [0.15, 0.2) is 0 Å². The molecular formula is C15H24O8. The van der Waals surface area contributed by atoms with Gasteiger partial charge in [-0.15, -0.1) is 0 Å². The Bertz CT molecular complexity index is 439. The van der Waals surface area contributed by atoms with Crippen LogP contribution in [0.15, 0.2) is 0 Å². The van der Waals surface area contributed by atoms with Crippen molar-refractivity contribution in [3.63, 3.8) is 0 Å². The van der Waals surface area contributed by atoms with Gasteiger partial charge in [-0.3, -0.25) is 0 Å². The minimum atomic E-state index is -0.651. The lowest BCUT2D eigenvalue weighted by Gasteiger charge is -2.54. The second-order valence-electron chi connectivity index (χ2n) is 6.74. The van der Waals surface area contributed by atoms with Crippen LogP contribution < -0.4 is 0 Å². The van der Waals surface area contributed by atoms with Gasteiger partial charge in [-0.1, -0.05) is 13.8 Å². The summed E-state index contributed by atoms with van der Waals surface area (Å²) in [5.41, 5.74) is -0.373. The Labute approximate surface area is 134 Å². The van der Waals surface area contributed by atoms with Crippen molar-refractivity contribution in [2.75, 3.05) is 27.1 Å². The molecule has 8 heteroatoms. The molecule has 1 N–H and O–H groups in total. The number of aliphatic hydroxyl groups excluding tert-OH is 1. The summed E-state index contributed by atoms with van der Waals surface area (Å²) in [4.78, 5) is 11.1. The molecule has 8 nitrogen and oxygen atoms in total. The van der Waals surface area contributed by atoms with Crippen molar-refractivity contribution in [3.8, 4) is 0 Å². The molecule has 3 rings (SSSR count). The zero-order valence-corrected chi connectivity index (χ0v) is 13.6. The predicted molar refractivity (Wildman–Crippen MR) is 75.8 cm³/mol. The van der Waals surface area contributed by atoms with Crippen LogP contribution in [0.25, 0.3) is 0 Å². The third-order valence-corrected chi connectivity index (χ3v) is 4.98. The molecule has 3 fully saturated rings. The van der Waals surface area contributed by atoms with Crippen LogP contribution in [0.4, 0.5) is 4.79 Å². The van der Waals surface area contributed by atoms with Crippen molar-refractivity contribution in [2.24, 2.45) is 5.41 Å². The number of carbonyl (C=O) groups excluding carboxylic acids is 1. The van der Waals surface area contributed by atoms with Crippen LogP contribution in [0.5, 0.6) is 0 Å². The fourth-order valence-electron chi connectivity index (χ4n) is 3.68. The molecule has 0 aliphatic carbocycles. The van der Waals surface area contributed by atoms with E-state index in [4.69, 9.17) is 28.4 Å². The Hall–Kier alpha value is -0.930. The van der Waals surface area contributed by atoms with Crippen LogP contribution in [0, 0.1) is 5.41 Å². The monoisotopic (exact) mass is 332 g/mol. The van der Waals surface area contributed by atoms with E-state index in [1.54, 1.807) is 7.11 Å². The Morgan fingerprint density at radius 3 is 2.70 bits per heavy atom. The average molecular weight is 332 g/mol. The maximum absolute atomic E-state index is 11.1. The largest absolute Gasteiger partial charge is 0.508 e. The maximum Gasteiger partial charge on any atom is 0.508 e. The molecule has 0 spiro atoms. The fourth-order valence-corrected chi connectivity index (χ4v) is 3.68. The van der Waals surface area contributed by atoms with E-state index >= 15 is 0 Å². The Morgan fingerprint density at radius 2 is 2.09 bits per heavy atom. The van der Waals surface area contributed by atoms with E-state index in [0.717, 1.165) is 0 Å². The highest BCUT2D eigenvalue weighted by Crippen LogP contribution is 2.44. The van der Waals surface area contributed by atoms with Crippen LogP contribution in [0.1, 0.15) is 20.3 Å². The standard InChI is InChI=1S/C15H24O8/c1-15(2)10(4-8-6-19-14(17)22-8)23-11-9(5-16)20-7-21-12(11)13(15)18-3/h8-13,16H,4-7H2,1-3H3/t8-,9+,10+,11+,12-,13+/m0/s1. The molecule has 3 aliphatic heterocycles. The van der Waals surface area contributed by atoms with Gasteiger partial charge in [0.05, 0.1) is 18.8 Å². The maximum atomic E-state index is 11.1. The summed E-state index contributed by atoms with van der Waals surface area (Å²) in [5.74, 6) is 0. The smallest absolute Gasteiger partial charge is 0.430 e.